The van der Waals surface area contributed by atoms with Crippen LogP contribution in [-0.4, -0.2) is 58.4 Å². The van der Waals surface area contributed by atoms with E-state index in [1.54, 1.807) is 6.07 Å². The Hall–Kier alpha value is -2.89. The number of anilines is 1. The molecule has 0 unspecified atom stereocenters. The van der Waals surface area contributed by atoms with Gasteiger partial charge in [-0.2, -0.15) is 5.26 Å². The molecule has 0 bridgehead atoms. The number of carboxylic acid groups (broad SMARTS) is 1. The Labute approximate surface area is 132 Å². The van der Waals surface area contributed by atoms with Crippen molar-refractivity contribution in [2.45, 2.75) is 0 Å². The normalized spacial score (nSPS) is 10.7. The molecule has 0 radical (unpaired) electrons. The van der Waals surface area contributed by atoms with Crippen molar-refractivity contribution in [1.82, 2.24) is 4.90 Å². The average molecular weight is 319 g/mol. The van der Waals surface area contributed by atoms with Crippen molar-refractivity contribution in [2.24, 2.45) is 0 Å². The molecule has 8 heteroatoms. The summed E-state index contributed by atoms with van der Waals surface area (Å²) in [6, 6.07) is 7.52. The molecule has 0 saturated carbocycles. The number of nitrogens with one attached hydrogen (secondary N) is 1. The number of aliphatic hydroxyl groups is 2. The van der Waals surface area contributed by atoms with Crippen LogP contribution in [0.15, 0.2) is 36.0 Å². The number of benzene rings is 1. The molecule has 0 aromatic heterocycles. The Morgan fingerprint density at radius 3 is 2.17 bits per heavy atom. The molecule has 0 aliphatic carbocycles. The molecule has 0 fully saturated rings. The number of aliphatic hydroxyl groups excluding tert-OH is 2. The first-order valence-electron chi connectivity index (χ1n) is 6.74. The van der Waals surface area contributed by atoms with Gasteiger partial charge in [0.05, 0.1) is 18.8 Å². The highest BCUT2D eigenvalue weighted by molar-refractivity contribution is 5.97. The van der Waals surface area contributed by atoms with Crippen LogP contribution in [0.1, 0.15) is 10.4 Å². The highest BCUT2D eigenvalue weighted by Crippen LogP contribution is 2.11. The number of carbonyl (C=O) groups is 2. The molecular formula is C15H17N3O5. The van der Waals surface area contributed by atoms with Gasteiger partial charge in [0.25, 0.3) is 5.91 Å². The number of nitrogens with zero attached hydrogens (tertiary/aromatic N) is 2. The first-order valence-corrected chi connectivity index (χ1v) is 6.74. The fourth-order valence-corrected chi connectivity index (χ4v) is 1.73. The number of aromatic carboxylic acids is 1. The summed E-state index contributed by atoms with van der Waals surface area (Å²) < 4.78 is 0. The van der Waals surface area contributed by atoms with E-state index in [-0.39, 0.29) is 37.4 Å². The monoisotopic (exact) mass is 319 g/mol. The summed E-state index contributed by atoms with van der Waals surface area (Å²) in [5.74, 6) is -1.67. The minimum absolute atomic E-state index is 0.00568. The lowest BCUT2D eigenvalue weighted by atomic mass is 10.2. The lowest BCUT2D eigenvalue weighted by molar-refractivity contribution is -0.127. The van der Waals surface area contributed by atoms with Crippen LogP contribution in [0.5, 0.6) is 0 Å². The van der Waals surface area contributed by atoms with E-state index in [9.17, 15) is 9.59 Å². The van der Waals surface area contributed by atoms with Gasteiger partial charge in [0, 0.05) is 25.0 Å². The summed E-state index contributed by atoms with van der Waals surface area (Å²) in [6.07, 6.45) is 1.19. The van der Waals surface area contributed by atoms with Crippen LogP contribution in [0.25, 0.3) is 0 Å². The molecule has 0 atom stereocenters. The van der Waals surface area contributed by atoms with Crippen LogP contribution >= 0.6 is 0 Å². The van der Waals surface area contributed by atoms with Crippen LogP contribution in [0, 0.1) is 11.3 Å². The zero-order chi connectivity index (χ0) is 17.2. The van der Waals surface area contributed by atoms with Crippen molar-refractivity contribution < 1.29 is 24.9 Å². The number of hydrogen-bond acceptors (Lipinski definition) is 6. The molecule has 0 saturated heterocycles. The topological polar surface area (TPSA) is 134 Å². The van der Waals surface area contributed by atoms with Crippen molar-refractivity contribution in [3.63, 3.8) is 0 Å². The standard InChI is InChI=1S/C15H17N3O5/c16-9-12(14(21)18(5-7-19)6-8-20)10-17-13-3-1-11(2-4-13)15(22)23/h1-4,10,17,19-20H,5-8H2,(H,22,23)/b12-10-. The Kier molecular flexibility index (Phi) is 7.26. The van der Waals surface area contributed by atoms with Crippen molar-refractivity contribution in [3.05, 3.63) is 41.6 Å². The average Bonchev–Trinajstić information content (AvgIpc) is 2.55. The van der Waals surface area contributed by atoms with E-state index >= 15 is 0 Å². The van der Waals surface area contributed by atoms with Gasteiger partial charge in [0.2, 0.25) is 0 Å². The molecule has 23 heavy (non-hydrogen) atoms. The summed E-state index contributed by atoms with van der Waals surface area (Å²) >= 11 is 0. The number of hydrogen-bond donors (Lipinski definition) is 4. The second-order valence-corrected chi connectivity index (χ2v) is 4.44. The van der Waals surface area contributed by atoms with Gasteiger partial charge >= 0.3 is 5.97 Å². The minimum atomic E-state index is -1.05. The van der Waals surface area contributed by atoms with Gasteiger partial charge in [0.1, 0.15) is 11.6 Å². The fraction of sp³-hybridized carbons (Fsp3) is 0.267. The van der Waals surface area contributed by atoms with E-state index in [4.69, 9.17) is 20.6 Å². The maximum absolute atomic E-state index is 12.1. The number of nitriles is 1. The number of amides is 1. The number of carbonyl (C=O) groups excluding carboxylic acids is 1. The molecule has 0 heterocycles. The van der Waals surface area contributed by atoms with Gasteiger partial charge in [-0.3, -0.25) is 4.79 Å². The SMILES string of the molecule is N#C/C(=C/Nc1ccc(C(=O)O)cc1)C(=O)N(CCO)CCO. The van der Waals surface area contributed by atoms with Crippen LogP contribution in [0.3, 0.4) is 0 Å². The molecule has 8 nitrogen and oxygen atoms in total. The Bertz CT molecular complexity index is 613. The molecular weight excluding hydrogens is 302 g/mol. The maximum atomic E-state index is 12.1. The molecule has 0 aliphatic heterocycles. The van der Waals surface area contributed by atoms with Gasteiger partial charge in [-0.1, -0.05) is 0 Å². The Morgan fingerprint density at radius 2 is 1.74 bits per heavy atom. The summed E-state index contributed by atoms with van der Waals surface area (Å²) in [5.41, 5.74) is 0.425. The Morgan fingerprint density at radius 1 is 1.17 bits per heavy atom. The fourth-order valence-electron chi connectivity index (χ4n) is 1.73. The third kappa shape index (κ3) is 5.43. The smallest absolute Gasteiger partial charge is 0.335 e. The van der Waals surface area contributed by atoms with Gasteiger partial charge in [-0.15, -0.1) is 0 Å². The number of rotatable bonds is 8. The predicted molar refractivity (Wildman–Crippen MR) is 81.5 cm³/mol. The van der Waals surface area contributed by atoms with E-state index in [1.165, 1.54) is 30.5 Å². The molecule has 1 aromatic carbocycles. The van der Waals surface area contributed by atoms with Crippen LogP contribution in [0.2, 0.25) is 0 Å². The Balaban J connectivity index is 2.83. The zero-order valence-electron chi connectivity index (χ0n) is 12.3. The van der Waals surface area contributed by atoms with Crippen molar-refractivity contribution in [2.75, 3.05) is 31.6 Å². The van der Waals surface area contributed by atoms with Gasteiger partial charge < -0.3 is 25.5 Å². The van der Waals surface area contributed by atoms with Crippen molar-refractivity contribution in [1.29, 1.82) is 5.26 Å². The zero-order valence-corrected chi connectivity index (χ0v) is 12.3. The third-order valence-corrected chi connectivity index (χ3v) is 2.89. The largest absolute Gasteiger partial charge is 0.478 e. The molecule has 122 valence electrons. The van der Waals surface area contributed by atoms with Crippen LogP contribution in [0.4, 0.5) is 5.69 Å². The predicted octanol–water partition coefficient (Wildman–Crippen LogP) is 0.0174. The summed E-state index contributed by atoms with van der Waals surface area (Å²) in [7, 11) is 0. The quantitative estimate of drug-likeness (QED) is 0.392. The molecule has 1 amide bonds. The summed E-state index contributed by atoms with van der Waals surface area (Å²) in [5, 5.41) is 38.4. The number of carboxylic acids is 1. The summed E-state index contributed by atoms with van der Waals surface area (Å²) in [4.78, 5) is 24.0. The van der Waals surface area contributed by atoms with E-state index in [0.29, 0.717) is 5.69 Å². The molecule has 0 aliphatic rings. The van der Waals surface area contributed by atoms with E-state index < -0.39 is 11.9 Å². The first kappa shape index (κ1) is 18.2. The highest BCUT2D eigenvalue weighted by Gasteiger charge is 2.17. The van der Waals surface area contributed by atoms with Gasteiger partial charge in [0.15, 0.2) is 0 Å². The van der Waals surface area contributed by atoms with Gasteiger partial charge in [-0.05, 0) is 24.3 Å². The maximum Gasteiger partial charge on any atom is 0.335 e. The third-order valence-electron chi connectivity index (χ3n) is 2.89. The lowest BCUT2D eigenvalue weighted by Gasteiger charge is -2.20. The second-order valence-electron chi connectivity index (χ2n) is 4.44. The highest BCUT2D eigenvalue weighted by atomic mass is 16.4. The first-order chi connectivity index (χ1) is 11.0. The lowest BCUT2D eigenvalue weighted by Crippen LogP contribution is -2.36. The van der Waals surface area contributed by atoms with Crippen LogP contribution in [-0.2, 0) is 4.79 Å². The van der Waals surface area contributed by atoms with E-state index in [1.807, 2.05) is 0 Å². The van der Waals surface area contributed by atoms with Crippen molar-refractivity contribution >= 4 is 17.6 Å². The second kappa shape index (κ2) is 9.19. The molecule has 0 spiro atoms. The molecule has 1 rings (SSSR count). The van der Waals surface area contributed by atoms with Gasteiger partial charge in [-0.25, -0.2) is 4.79 Å². The van der Waals surface area contributed by atoms with Crippen LogP contribution < -0.4 is 5.32 Å². The molecule has 1 aromatic rings. The van der Waals surface area contributed by atoms with Crippen molar-refractivity contribution in [3.8, 4) is 6.07 Å². The van der Waals surface area contributed by atoms with E-state index in [0.717, 1.165) is 4.90 Å². The molecule has 4 N–H and O–H groups in total. The van der Waals surface area contributed by atoms with E-state index in [2.05, 4.69) is 5.32 Å². The summed E-state index contributed by atoms with van der Waals surface area (Å²) in [6.45, 7) is -0.555. The minimum Gasteiger partial charge on any atom is -0.478 e.